The Morgan fingerprint density at radius 2 is 1.56 bits per heavy atom. The number of rotatable bonds is 5. The molecule has 0 aliphatic carbocycles. The van der Waals surface area contributed by atoms with Gasteiger partial charge in [-0.3, -0.25) is 4.39 Å². The van der Waals surface area contributed by atoms with Crippen LogP contribution in [0.4, 0.5) is 4.39 Å². The molecule has 0 bridgehead atoms. The highest BCUT2D eigenvalue weighted by atomic mass is 19.1. The van der Waals surface area contributed by atoms with Gasteiger partial charge >= 0.3 is 0 Å². The second kappa shape index (κ2) is 16.9. The quantitative estimate of drug-likeness (QED) is 0.703. The van der Waals surface area contributed by atoms with Crippen LogP contribution in [0.1, 0.15) is 79.6 Å². The maximum absolute atomic E-state index is 10.7. The first-order valence-corrected chi connectivity index (χ1v) is 7.97. The molecule has 0 aromatic carbocycles. The third-order valence-corrected chi connectivity index (χ3v) is 3.31. The molecular weight excluding hydrogens is 225 g/mol. The lowest BCUT2D eigenvalue weighted by Crippen LogP contribution is -2.22. The van der Waals surface area contributed by atoms with Crippen molar-refractivity contribution in [3.63, 3.8) is 0 Å². The zero-order valence-electron chi connectivity index (χ0n) is 13.4. The van der Waals surface area contributed by atoms with Gasteiger partial charge in [0.05, 0.1) is 6.67 Å². The summed E-state index contributed by atoms with van der Waals surface area (Å²) in [5.41, 5.74) is 0. The minimum atomic E-state index is -0.181. The summed E-state index contributed by atoms with van der Waals surface area (Å²) >= 11 is 0. The van der Waals surface area contributed by atoms with Crippen LogP contribution in [0.5, 0.6) is 0 Å². The van der Waals surface area contributed by atoms with E-state index in [-0.39, 0.29) is 6.67 Å². The second-order valence-electron chi connectivity index (χ2n) is 5.12. The van der Waals surface area contributed by atoms with Gasteiger partial charge < -0.3 is 5.32 Å². The first-order valence-electron chi connectivity index (χ1n) is 7.97. The van der Waals surface area contributed by atoms with Gasteiger partial charge in [0.2, 0.25) is 0 Å². The molecule has 1 heterocycles. The molecule has 2 unspecified atom stereocenters. The predicted molar refractivity (Wildman–Crippen MR) is 81.9 cm³/mol. The Hall–Kier alpha value is -0.110. The van der Waals surface area contributed by atoms with Gasteiger partial charge in [-0.15, -0.1) is 0 Å². The zero-order chi connectivity index (χ0) is 14.2. The Bertz CT molecular complexity index is 131. The van der Waals surface area contributed by atoms with Crippen LogP contribution in [0.25, 0.3) is 0 Å². The molecule has 2 atom stereocenters. The van der Waals surface area contributed by atoms with Crippen molar-refractivity contribution < 1.29 is 4.39 Å². The summed E-state index contributed by atoms with van der Waals surface area (Å²) in [6, 6.07) is 0.784. The molecule has 1 rings (SSSR count). The summed E-state index contributed by atoms with van der Waals surface area (Å²) in [5.74, 6) is 0.972. The average Bonchev–Trinajstić information content (AvgIpc) is 2.82. The fourth-order valence-corrected chi connectivity index (χ4v) is 1.77. The van der Waals surface area contributed by atoms with E-state index in [4.69, 9.17) is 0 Å². The van der Waals surface area contributed by atoms with Gasteiger partial charge in [0.1, 0.15) is 0 Å². The van der Waals surface area contributed by atoms with Gasteiger partial charge in [-0.05, 0) is 38.6 Å². The number of alkyl halides is 1. The Kier molecular flexibility index (Phi) is 19.0. The van der Waals surface area contributed by atoms with E-state index in [1.165, 1.54) is 45.1 Å². The normalized spacial score (nSPS) is 21.7. The van der Waals surface area contributed by atoms with Crippen molar-refractivity contribution in [2.45, 2.75) is 85.6 Å². The summed E-state index contributed by atoms with van der Waals surface area (Å²) in [6.45, 7) is 11.8. The number of hydrogen-bond acceptors (Lipinski definition) is 1. The fraction of sp³-hybridized carbons (Fsp3) is 1.00. The highest BCUT2D eigenvalue weighted by Crippen LogP contribution is 2.20. The van der Waals surface area contributed by atoms with Gasteiger partial charge in [0.25, 0.3) is 0 Å². The standard InChI is InChI=1S/C9H19N.C4H10.C3H7F/c1-3-4-5-9-6-7-10-8(9)2;1-3-4-2;1-2-3-4/h8-10H,3-7H2,1-2H3;3-4H2,1-2H3;2-3H2,1H3. The van der Waals surface area contributed by atoms with Crippen molar-refractivity contribution in [1.82, 2.24) is 5.32 Å². The van der Waals surface area contributed by atoms with E-state index in [1.807, 2.05) is 0 Å². The Balaban J connectivity index is 0. The minimum Gasteiger partial charge on any atom is -0.314 e. The van der Waals surface area contributed by atoms with Crippen molar-refractivity contribution in [3.8, 4) is 0 Å². The summed E-state index contributed by atoms with van der Waals surface area (Å²) in [5, 5.41) is 3.48. The average molecular weight is 261 g/mol. The van der Waals surface area contributed by atoms with E-state index in [2.05, 4.69) is 33.0 Å². The Morgan fingerprint density at radius 3 is 1.83 bits per heavy atom. The van der Waals surface area contributed by atoms with Crippen molar-refractivity contribution >= 4 is 0 Å². The first-order chi connectivity index (χ1) is 8.67. The Labute approximate surface area is 115 Å². The smallest absolute Gasteiger partial charge is 0.0891 e. The summed E-state index contributed by atoms with van der Waals surface area (Å²) in [6.07, 6.45) is 8.89. The molecule has 0 aromatic rings. The van der Waals surface area contributed by atoms with Crippen molar-refractivity contribution in [3.05, 3.63) is 0 Å². The predicted octanol–water partition coefficient (Wildman–Crippen LogP) is 5.35. The molecule has 1 aliphatic rings. The molecule has 1 aliphatic heterocycles. The Morgan fingerprint density at radius 1 is 1.00 bits per heavy atom. The summed E-state index contributed by atoms with van der Waals surface area (Å²) in [4.78, 5) is 0. The molecule has 18 heavy (non-hydrogen) atoms. The van der Waals surface area contributed by atoms with Gasteiger partial charge in [-0.25, -0.2) is 0 Å². The number of halogens is 1. The molecule has 1 nitrogen and oxygen atoms in total. The first kappa shape index (κ1) is 20.2. The summed E-state index contributed by atoms with van der Waals surface area (Å²) < 4.78 is 10.7. The molecule has 112 valence electrons. The molecule has 0 aromatic heterocycles. The van der Waals surface area contributed by atoms with Crippen molar-refractivity contribution in [2.24, 2.45) is 5.92 Å². The summed E-state index contributed by atoms with van der Waals surface area (Å²) in [7, 11) is 0. The molecule has 1 saturated heterocycles. The largest absolute Gasteiger partial charge is 0.314 e. The minimum absolute atomic E-state index is 0.181. The lowest BCUT2D eigenvalue weighted by molar-refractivity contribution is 0.429. The van der Waals surface area contributed by atoms with Crippen LogP contribution in [0.15, 0.2) is 0 Å². The highest BCUT2D eigenvalue weighted by Gasteiger charge is 2.21. The fourth-order valence-electron chi connectivity index (χ4n) is 1.77. The van der Waals surface area contributed by atoms with Crippen molar-refractivity contribution in [2.75, 3.05) is 13.2 Å². The SMILES string of the molecule is CCCC.CCCCC1CCNC1C.CCCF. The van der Waals surface area contributed by atoms with E-state index in [9.17, 15) is 4.39 Å². The van der Waals surface area contributed by atoms with Crippen molar-refractivity contribution in [1.29, 1.82) is 0 Å². The second-order valence-corrected chi connectivity index (χ2v) is 5.12. The highest BCUT2D eigenvalue weighted by molar-refractivity contribution is 4.79. The lowest BCUT2D eigenvalue weighted by Gasteiger charge is -2.13. The monoisotopic (exact) mass is 261 g/mol. The van der Waals surface area contributed by atoms with Gasteiger partial charge in [0, 0.05) is 6.04 Å². The molecule has 2 heteroatoms. The van der Waals surface area contributed by atoms with E-state index in [0.717, 1.165) is 12.0 Å². The third kappa shape index (κ3) is 14.0. The maximum Gasteiger partial charge on any atom is 0.0891 e. The molecule has 0 spiro atoms. The van der Waals surface area contributed by atoms with E-state index < -0.39 is 0 Å². The van der Waals surface area contributed by atoms with Crippen LogP contribution in [0.2, 0.25) is 0 Å². The van der Waals surface area contributed by atoms with Crippen LogP contribution in [-0.2, 0) is 0 Å². The topological polar surface area (TPSA) is 12.0 Å². The van der Waals surface area contributed by atoms with E-state index in [1.54, 1.807) is 6.92 Å². The molecule has 1 fully saturated rings. The lowest BCUT2D eigenvalue weighted by atomic mass is 9.96. The molecule has 0 saturated carbocycles. The molecule has 0 amide bonds. The molecular formula is C16H36FN. The zero-order valence-corrected chi connectivity index (χ0v) is 13.4. The van der Waals surface area contributed by atoms with Crippen LogP contribution < -0.4 is 5.32 Å². The molecule has 1 N–H and O–H groups in total. The van der Waals surface area contributed by atoms with Gasteiger partial charge in [-0.1, -0.05) is 53.4 Å². The van der Waals surface area contributed by atoms with Crippen LogP contribution in [-0.4, -0.2) is 19.3 Å². The molecule has 0 radical (unpaired) electrons. The van der Waals surface area contributed by atoms with Crippen LogP contribution in [0.3, 0.4) is 0 Å². The maximum atomic E-state index is 10.7. The van der Waals surface area contributed by atoms with Gasteiger partial charge in [-0.2, -0.15) is 0 Å². The van der Waals surface area contributed by atoms with E-state index in [0.29, 0.717) is 6.42 Å². The number of nitrogens with one attached hydrogen (secondary N) is 1. The van der Waals surface area contributed by atoms with E-state index >= 15 is 0 Å². The van der Waals surface area contributed by atoms with Crippen LogP contribution in [0, 0.1) is 5.92 Å². The number of hydrogen-bond donors (Lipinski definition) is 1. The number of unbranched alkanes of at least 4 members (excludes halogenated alkanes) is 2. The third-order valence-electron chi connectivity index (χ3n) is 3.31. The van der Waals surface area contributed by atoms with Crippen LogP contribution >= 0.6 is 0 Å². The van der Waals surface area contributed by atoms with Gasteiger partial charge in [0.15, 0.2) is 0 Å².